The Kier molecular flexibility index (Phi) is 4.11. The molecule has 1 aromatic heterocycles. The fraction of sp³-hybridized carbons (Fsp3) is 0.333. The van der Waals surface area contributed by atoms with Gasteiger partial charge in [-0.05, 0) is 6.92 Å². The van der Waals surface area contributed by atoms with Crippen molar-refractivity contribution in [2.45, 2.75) is 6.92 Å². The number of amides is 1. The Hall–Kier alpha value is -1.56. The van der Waals surface area contributed by atoms with Gasteiger partial charge in [0, 0.05) is 18.0 Å². The number of aromatic carboxylic acids is 1. The van der Waals surface area contributed by atoms with Crippen molar-refractivity contribution in [2.75, 3.05) is 13.2 Å². The molecule has 2 N–H and O–H groups in total. The van der Waals surface area contributed by atoms with E-state index in [2.05, 4.69) is 5.32 Å². The van der Waals surface area contributed by atoms with Crippen LogP contribution in [0.2, 0.25) is 0 Å². The van der Waals surface area contributed by atoms with Gasteiger partial charge >= 0.3 is 5.97 Å². The van der Waals surface area contributed by atoms with Crippen LogP contribution in [0.1, 0.15) is 16.6 Å². The van der Waals surface area contributed by atoms with Crippen LogP contribution in [-0.4, -0.2) is 30.1 Å². The van der Waals surface area contributed by atoms with E-state index in [-0.39, 0.29) is 17.4 Å². The lowest BCUT2D eigenvalue weighted by Gasteiger charge is -2.02. The van der Waals surface area contributed by atoms with E-state index in [0.717, 1.165) is 11.3 Å². The highest BCUT2D eigenvalue weighted by Gasteiger charge is 2.08. The average Bonchev–Trinajstić information content (AvgIpc) is 2.63. The van der Waals surface area contributed by atoms with Gasteiger partial charge in [0.05, 0.1) is 0 Å². The maximum atomic E-state index is 11.0. The summed E-state index contributed by atoms with van der Waals surface area (Å²) in [6.07, 6.45) is 0. The Morgan fingerprint density at radius 1 is 1.60 bits per heavy atom. The van der Waals surface area contributed by atoms with Crippen LogP contribution >= 0.6 is 11.3 Å². The van der Waals surface area contributed by atoms with E-state index >= 15 is 0 Å². The van der Waals surface area contributed by atoms with Gasteiger partial charge < -0.3 is 15.2 Å². The fourth-order valence-corrected chi connectivity index (χ4v) is 1.57. The Bertz CT molecular complexity index is 361. The van der Waals surface area contributed by atoms with Crippen LogP contribution in [0, 0.1) is 0 Å². The van der Waals surface area contributed by atoms with Crippen molar-refractivity contribution in [3.05, 3.63) is 16.3 Å². The zero-order valence-corrected chi connectivity index (χ0v) is 8.97. The van der Waals surface area contributed by atoms with E-state index in [9.17, 15) is 9.59 Å². The number of nitrogens with one attached hydrogen (secondary N) is 1. The second-order valence-electron chi connectivity index (χ2n) is 2.69. The lowest BCUT2D eigenvalue weighted by atomic mass is 10.4. The topological polar surface area (TPSA) is 75.6 Å². The largest absolute Gasteiger partial charge is 0.483 e. The molecule has 1 rings (SSSR count). The molecule has 6 heteroatoms. The van der Waals surface area contributed by atoms with Gasteiger partial charge in [-0.25, -0.2) is 4.79 Å². The van der Waals surface area contributed by atoms with Gasteiger partial charge in [0.15, 0.2) is 6.61 Å². The molecule has 0 unspecified atom stereocenters. The second-order valence-corrected chi connectivity index (χ2v) is 3.61. The molecule has 0 aliphatic rings. The number of hydrogen-bond acceptors (Lipinski definition) is 4. The molecule has 0 atom stereocenters. The van der Waals surface area contributed by atoms with E-state index in [1.54, 1.807) is 5.38 Å². The van der Waals surface area contributed by atoms with Crippen LogP contribution in [0.3, 0.4) is 0 Å². The van der Waals surface area contributed by atoms with Gasteiger partial charge in [-0.15, -0.1) is 11.3 Å². The number of rotatable bonds is 5. The smallest absolute Gasteiger partial charge is 0.346 e. The first-order valence-electron chi connectivity index (χ1n) is 4.34. The van der Waals surface area contributed by atoms with Gasteiger partial charge in [-0.1, -0.05) is 0 Å². The number of carbonyl (C=O) groups is 2. The number of carbonyl (C=O) groups excluding carboxylic acids is 1. The summed E-state index contributed by atoms with van der Waals surface area (Å²) in [4.78, 5) is 21.7. The highest BCUT2D eigenvalue weighted by atomic mass is 32.1. The molecule has 0 aliphatic heterocycles. The Labute approximate surface area is 90.7 Å². The molecule has 0 aliphatic carbocycles. The summed E-state index contributed by atoms with van der Waals surface area (Å²) < 4.78 is 5.09. The summed E-state index contributed by atoms with van der Waals surface area (Å²) in [6, 6.07) is 1.40. The SMILES string of the molecule is CCNC(=O)COc1csc(C(=O)O)c1. The number of hydrogen-bond donors (Lipinski definition) is 2. The number of ether oxygens (including phenoxy) is 1. The quantitative estimate of drug-likeness (QED) is 0.788. The molecule has 82 valence electrons. The van der Waals surface area contributed by atoms with Crippen LogP contribution in [-0.2, 0) is 4.79 Å². The molecule has 0 bridgehead atoms. The first-order chi connectivity index (χ1) is 7.13. The maximum Gasteiger partial charge on any atom is 0.346 e. The summed E-state index contributed by atoms with van der Waals surface area (Å²) in [5.41, 5.74) is 0. The van der Waals surface area contributed by atoms with E-state index in [0.29, 0.717) is 12.3 Å². The summed E-state index contributed by atoms with van der Waals surface area (Å²) in [7, 11) is 0. The van der Waals surface area contributed by atoms with Crippen LogP contribution in [0.4, 0.5) is 0 Å². The van der Waals surface area contributed by atoms with Crippen molar-refractivity contribution in [1.29, 1.82) is 0 Å². The molecule has 1 heterocycles. The van der Waals surface area contributed by atoms with Gasteiger partial charge in [0.2, 0.25) is 0 Å². The van der Waals surface area contributed by atoms with Gasteiger partial charge in [0.1, 0.15) is 10.6 Å². The molecule has 1 aromatic rings. The molecule has 1 amide bonds. The van der Waals surface area contributed by atoms with Crippen LogP contribution < -0.4 is 10.1 Å². The van der Waals surface area contributed by atoms with Crippen molar-refractivity contribution in [3.8, 4) is 5.75 Å². The molecule has 0 fully saturated rings. The van der Waals surface area contributed by atoms with Crippen LogP contribution in [0.15, 0.2) is 11.4 Å². The number of thiophene rings is 1. The molecule has 0 saturated carbocycles. The molecule has 0 saturated heterocycles. The van der Waals surface area contributed by atoms with Crippen molar-refractivity contribution < 1.29 is 19.4 Å². The van der Waals surface area contributed by atoms with Crippen molar-refractivity contribution >= 4 is 23.2 Å². The first-order valence-corrected chi connectivity index (χ1v) is 5.22. The number of carboxylic acid groups (broad SMARTS) is 1. The van der Waals surface area contributed by atoms with Gasteiger partial charge in [0.25, 0.3) is 5.91 Å². The summed E-state index contributed by atoms with van der Waals surface area (Å²) in [5, 5.41) is 12.8. The predicted octanol–water partition coefficient (Wildman–Crippen LogP) is 0.961. The standard InChI is InChI=1S/C9H11NO4S/c1-2-10-8(11)4-14-6-3-7(9(12)13)15-5-6/h3,5H,2,4H2,1H3,(H,10,11)(H,12,13). The highest BCUT2D eigenvalue weighted by molar-refractivity contribution is 7.12. The molecule has 0 aromatic carbocycles. The first kappa shape index (κ1) is 11.5. The summed E-state index contributed by atoms with van der Waals surface area (Å²) in [6.45, 7) is 2.26. The number of carboxylic acids is 1. The lowest BCUT2D eigenvalue weighted by Crippen LogP contribution is -2.28. The Balaban J connectivity index is 2.44. The third kappa shape index (κ3) is 3.59. The average molecular weight is 229 g/mol. The van der Waals surface area contributed by atoms with E-state index in [1.807, 2.05) is 6.92 Å². The molecular weight excluding hydrogens is 218 g/mol. The van der Waals surface area contributed by atoms with Gasteiger partial charge in [-0.2, -0.15) is 0 Å². The minimum absolute atomic E-state index is 0.0936. The molecule has 15 heavy (non-hydrogen) atoms. The van der Waals surface area contributed by atoms with Crippen molar-refractivity contribution in [2.24, 2.45) is 0 Å². The van der Waals surface area contributed by atoms with Gasteiger partial charge in [-0.3, -0.25) is 4.79 Å². The van der Waals surface area contributed by atoms with Crippen LogP contribution in [0.25, 0.3) is 0 Å². The van der Waals surface area contributed by atoms with E-state index in [4.69, 9.17) is 9.84 Å². The third-order valence-electron chi connectivity index (χ3n) is 1.53. The highest BCUT2D eigenvalue weighted by Crippen LogP contribution is 2.21. The zero-order chi connectivity index (χ0) is 11.3. The predicted molar refractivity (Wildman–Crippen MR) is 55.5 cm³/mol. The van der Waals surface area contributed by atoms with Crippen LogP contribution in [0.5, 0.6) is 5.75 Å². The minimum Gasteiger partial charge on any atom is -0.483 e. The molecule has 0 spiro atoms. The zero-order valence-electron chi connectivity index (χ0n) is 8.15. The minimum atomic E-state index is -0.993. The van der Waals surface area contributed by atoms with Crippen molar-refractivity contribution in [1.82, 2.24) is 5.32 Å². The summed E-state index contributed by atoms with van der Waals surface area (Å²) in [5.74, 6) is -0.808. The monoisotopic (exact) mass is 229 g/mol. The lowest BCUT2D eigenvalue weighted by molar-refractivity contribution is -0.122. The molecule has 5 nitrogen and oxygen atoms in total. The number of likely N-dealkylation sites (N-methyl/N-ethyl adjacent to an activating group) is 1. The normalized spacial score (nSPS) is 9.67. The molecular formula is C9H11NO4S. The fourth-order valence-electron chi connectivity index (χ4n) is 0.904. The Morgan fingerprint density at radius 3 is 2.87 bits per heavy atom. The third-order valence-corrected chi connectivity index (χ3v) is 2.43. The maximum absolute atomic E-state index is 11.0. The Morgan fingerprint density at radius 2 is 2.33 bits per heavy atom. The van der Waals surface area contributed by atoms with E-state index < -0.39 is 5.97 Å². The van der Waals surface area contributed by atoms with E-state index in [1.165, 1.54) is 6.07 Å². The second kappa shape index (κ2) is 5.35. The summed E-state index contributed by atoms with van der Waals surface area (Å²) >= 11 is 1.07. The van der Waals surface area contributed by atoms with Crippen molar-refractivity contribution in [3.63, 3.8) is 0 Å². The molecule has 0 radical (unpaired) electrons.